The molecule has 3 aromatic rings. The number of anilines is 2. The van der Waals surface area contributed by atoms with Crippen LogP contribution >= 0.6 is 15.9 Å². The number of nitrogens with one attached hydrogen (secondary N) is 2. The van der Waals surface area contributed by atoms with E-state index in [1.165, 1.54) is 18.2 Å². The highest BCUT2D eigenvalue weighted by Gasteiger charge is 2.11. The number of aryl methyl sites for hydroxylation is 1. The number of amides is 2. The number of halogens is 2. The monoisotopic (exact) mass is 426 g/mol. The molecule has 0 heterocycles. The summed E-state index contributed by atoms with van der Waals surface area (Å²) in [5, 5.41) is 5.52. The zero-order valence-corrected chi connectivity index (χ0v) is 16.0. The Morgan fingerprint density at radius 2 is 1.52 bits per heavy atom. The van der Waals surface area contributed by atoms with Gasteiger partial charge in [-0.2, -0.15) is 0 Å². The first-order valence-corrected chi connectivity index (χ1v) is 8.96. The van der Waals surface area contributed by atoms with Gasteiger partial charge < -0.3 is 10.6 Å². The molecule has 0 saturated heterocycles. The minimum Gasteiger partial charge on any atom is -0.322 e. The molecular weight excluding hydrogens is 411 g/mol. The van der Waals surface area contributed by atoms with E-state index in [2.05, 4.69) is 26.6 Å². The van der Waals surface area contributed by atoms with E-state index in [4.69, 9.17) is 0 Å². The Bertz CT molecular complexity index is 1020. The molecule has 0 spiro atoms. The van der Waals surface area contributed by atoms with E-state index in [0.717, 1.165) is 4.47 Å². The maximum absolute atomic E-state index is 13.2. The summed E-state index contributed by atoms with van der Waals surface area (Å²) in [5.41, 5.74) is 2.54. The van der Waals surface area contributed by atoms with Crippen molar-refractivity contribution in [3.05, 3.63) is 93.7 Å². The van der Waals surface area contributed by atoms with Crippen LogP contribution in [0, 0.1) is 12.7 Å². The van der Waals surface area contributed by atoms with Gasteiger partial charge >= 0.3 is 0 Å². The molecule has 6 heteroatoms. The Labute approximate surface area is 164 Å². The van der Waals surface area contributed by atoms with E-state index in [-0.39, 0.29) is 17.6 Å². The largest absolute Gasteiger partial charge is 0.322 e. The lowest BCUT2D eigenvalue weighted by molar-refractivity contribution is 0.101. The van der Waals surface area contributed by atoms with E-state index < -0.39 is 0 Å². The number of rotatable bonds is 4. The number of hydrogen-bond donors (Lipinski definition) is 2. The number of carbonyl (C=O) groups is 2. The van der Waals surface area contributed by atoms with Crippen LogP contribution in [-0.2, 0) is 0 Å². The fraction of sp³-hybridized carbons (Fsp3) is 0.0476. The van der Waals surface area contributed by atoms with Gasteiger partial charge in [-0.05, 0) is 67.1 Å². The second-order valence-corrected chi connectivity index (χ2v) is 6.87. The lowest BCUT2D eigenvalue weighted by atomic mass is 10.1. The first kappa shape index (κ1) is 18.8. The summed E-state index contributed by atoms with van der Waals surface area (Å²) in [5.74, 6) is -0.978. The van der Waals surface area contributed by atoms with E-state index in [9.17, 15) is 14.0 Å². The predicted octanol–water partition coefficient (Wildman–Crippen LogP) is 5.40. The second kappa shape index (κ2) is 8.14. The Kier molecular flexibility index (Phi) is 5.66. The smallest absolute Gasteiger partial charge is 0.255 e. The van der Waals surface area contributed by atoms with Gasteiger partial charge in [0.15, 0.2) is 0 Å². The fourth-order valence-corrected chi connectivity index (χ4v) is 2.93. The van der Waals surface area contributed by atoms with Gasteiger partial charge in [0.25, 0.3) is 11.8 Å². The summed E-state index contributed by atoms with van der Waals surface area (Å²) in [7, 11) is 0. The van der Waals surface area contributed by atoms with Gasteiger partial charge in [-0.3, -0.25) is 9.59 Å². The quantitative estimate of drug-likeness (QED) is 0.586. The van der Waals surface area contributed by atoms with Gasteiger partial charge in [0.05, 0.1) is 0 Å². The third-order valence-corrected chi connectivity index (χ3v) is 4.40. The first-order valence-electron chi connectivity index (χ1n) is 8.17. The molecule has 0 aromatic heterocycles. The molecule has 0 bridgehead atoms. The normalized spacial score (nSPS) is 10.3. The third-order valence-electron chi connectivity index (χ3n) is 3.91. The van der Waals surface area contributed by atoms with Gasteiger partial charge in [0, 0.05) is 27.0 Å². The van der Waals surface area contributed by atoms with Crippen molar-refractivity contribution in [3.8, 4) is 0 Å². The van der Waals surface area contributed by atoms with E-state index >= 15 is 0 Å². The summed E-state index contributed by atoms with van der Waals surface area (Å²) in [6.07, 6.45) is 0. The number of hydrogen-bond acceptors (Lipinski definition) is 2. The van der Waals surface area contributed by atoms with Crippen LogP contribution in [0.3, 0.4) is 0 Å². The standard InChI is InChI=1S/C21H16BrFN2O2/c1-13-10-17(23)8-9-19(13)25-21(27)15-5-3-7-18(12-15)24-20(26)14-4-2-6-16(22)11-14/h2-12H,1H3,(H,24,26)(H,25,27). The van der Waals surface area contributed by atoms with Gasteiger partial charge in [-0.1, -0.05) is 28.1 Å². The first-order chi connectivity index (χ1) is 12.9. The molecule has 2 amide bonds. The lowest BCUT2D eigenvalue weighted by Crippen LogP contribution is -2.15. The maximum atomic E-state index is 13.2. The van der Waals surface area contributed by atoms with E-state index in [1.807, 2.05) is 6.07 Å². The van der Waals surface area contributed by atoms with Crippen LogP contribution in [0.1, 0.15) is 26.3 Å². The maximum Gasteiger partial charge on any atom is 0.255 e. The van der Waals surface area contributed by atoms with Crippen molar-refractivity contribution in [2.75, 3.05) is 10.6 Å². The van der Waals surface area contributed by atoms with Crippen LogP contribution in [0.15, 0.2) is 71.2 Å². The summed E-state index contributed by atoms with van der Waals surface area (Å²) < 4.78 is 14.0. The van der Waals surface area contributed by atoms with Crippen molar-refractivity contribution >= 4 is 39.1 Å². The molecule has 4 nitrogen and oxygen atoms in total. The van der Waals surface area contributed by atoms with Gasteiger partial charge in [-0.15, -0.1) is 0 Å². The second-order valence-electron chi connectivity index (χ2n) is 5.96. The summed E-state index contributed by atoms with van der Waals surface area (Å²) in [6, 6.07) is 17.8. The molecule has 0 radical (unpaired) electrons. The Morgan fingerprint density at radius 3 is 2.22 bits per heavy atom. The van der Waals surface area contributed by atoms with Crippen molar-refractivity contribution in [1.82, 2.24) is 0 Å². The van der Waals surface area contributed by atoms with Gasteiger partial charge in [-0.25, -0.2) is 4.39 Å². The average molecular weight is 427 g/mol. The summed E-state index contributed by atoms with van der Waals surface area (Å²) in [6.45, 7) is 1.72. The third kappa shape index (κ3) is 4.80. The molecule has 0 aliphatic carbocycles. The lowest BCUT2D eigenvalue weighted by Gasteiger charge is -2.10. The summed E-state index contributed by atoms with van der Waals surface area (Å²) in [4.78, 5) is 24.8. The molecule has 27 heavy (non-hydrogen) atoms. The van der Waals surface area contributed by atoms with Crippen LogP contribution in [0.2, 0.25) is 0 Å². The van der Waals surface area contributed by atoms with Crippen molar-refractivity contribution in [3.63, 3.8) is 0 Å². The van der Waals surface area contributed by atoms with Crippen LogP contribution in [0.25, 0.3) is 0 Å². The van der Waals surface area contributed by atoms with Crippen LogP contribution < -0.4 is 10.6 Å². The molecule has 0 saturated carbocycles. The minimum absolute atomic E-state index is 0.275. The SMILES string of the molecule is Cc1cc(F)ccc1NC(=O)c1cccc(NC(=O)c2cccc(Br)c2)c1. The molecule has 0 fully saturated rings. The average Bonchev–Trinajstić information content (AvgIpc) is 2.64. The Hall–Kier alpha value is -2.99. The number of carbonyl (C=O) groups excluding carboxylic acids is 2. The molecule has 0 unspecified atom stereocenters. The highest BCUT2D eigenvalue weighted by atomic mass is 79.9. The zero-order valence-electron chi connectivity index (χ0n) is 14.4. The zero-order chi connectivity index (χ0) is 19.4. The fourth-order valence-electron chi connectivity index (χ4n) is 2.53. The molecule has 0 aliphatic rings. The highest BCUT2D eigenvalue weighted by Crippen LogP contribution is 2.19. The topological polar surface area (TPSA) is 58.2 Å². The van der Waals surface area contributed by atoms with Gasteiger partial charge in [0.1, 0.15) is 5.82 Å². The van der Waals surface area contributed by atoms with Crippen molar-refractivity contribution < 1.29 is 14.0 Å². The van der Waals surface area contributed by atoms with Crippen LogP contribution in [0.5, 0.6) is 0 Å². The van der Waals surface area contributed by atoms with E-state index in [1.54, 1.807) is 49.4 Å². The van der Waals surface area contributed by atoms with Crippen molar-refractivity contribution in [1.29, 1.82) is 0 Å². The molecule has 0 atom stereocenters. The minimum atomic E-state index is -0.359. The Morgan fingerprint density at radius 1 is 0.852 bits per heavy atom. The molecular formula is C21H16BrFN2O2. The van der Waals surface area contributed by atoms with Crippen LogP contribution in [0.4, 0.5) is 15.8 Å². The molecule has 2 N–H and O–H groups in total. The highest BCUT2D eigenvalue weighted by molar-refractivity contribution is 9.10. The molecule has 3 aromatic carbocycles. The summed E-state index contributed by atoms with van der Waals surface area (Å²) >= 11 is 3.33. The molecule has 136 valence electrons. The van der Waals surface area contributed by atoms with E-state index in [0.29, 0.717) is 28.1 Å². The van der Waals surface area contributed by atoms with Crippen molar-refractivity contribution in [2.45, 2.75) is 6.92 Å². The van der Waals surface area contributed by atoms with Crippen LogP contribution in [-0.4, -0.2) is 11.8 Å². The van der Waals surface area contributed by atoms with Gasteiger partial charge in [0.2, 0.25) is 0 Å². The Balaban J connectivity index is 1.74. The molecule has 0 aliphatic heterocycles. The molecule has 3 rings (SSSR count). The number of benzene rings is 3. The predicted molar refractivity (Wildman–Crippen MR) is 108 cm³/mol. The van der Waals surface area contributed by atoms with Crippen molar-refractivity contribution in [2.24, 2.45) is 0 Å².